The van der Waals surface area contributed by atoms with Gasteiger partial charge >= 0.3 is 0 Å². The molecule has 4 fully saturated rings. The highest BCUT2D eigenvalue weighted by molar-refractivity contribution is 14.1. The number of hydrogen-bond acceptors (Lipinski definition) is 0. The molecule has 1 heteroatoms. The fraction of sp³-hybridized carbons (Fsp3) is 0.556. The molecule has 0 radical (unpaired) electrons. The van der Waals surface area contributed by atoms with Crippen molar-refractivity contribution in [2.24, 2.45) is 23.7 Å². The van der Waals surface area contributed by atoms with E-state index in [9.17, 15) is 0 Å². The van der Waals surface area contributed by atoms with E-state index in [0.717, 1.165) is 23.7 Å². The van der Waals surface area contributed by atoms with Gasteiger partial charge in [0.05, 0.1) is 0 Å². The van der Waals surface area contributed by atoms with Gasteiger partial charge in [-0.2, -0.15) is 0 Å². The van der Waals surface area contributed by atoms with Crippen molar-refractivity contribution in [3.63, 3.8) is 0 Å². The van der Waals surface area contributed by atoms with Gasteiger partial charge in [0.1, 0.15) is 0 Å². The number of rotatable bonds is 2. The minimum absolute atomic E-state index is 0.231. The topological polar surface area (TPSA) is 0 Å². The van der Waals surface area contributed by atoms with E-state index in [0.29, 0.717) is 0 Å². The highest BCUT2D eigenvalue weighted by atomic mass is 127. The first-order valence-electron chi connectivity index (χ1n) is 11.2. The maximum absolute atomic E-state index is 2.57. The molecule has 4 aliphatic rings. The van der Waals surface area contributed by atoms with Crippen LogP contribution in [0.25, 0.3) is 0 Å². The Balaban J connectivity index is 1.79. The SMILES string of the molecule is Cc1cc(C2(c3cc(C)c(C)c(I)c3)C3CC4CC(C3)CC2C4)cc(C)c1C. The second-order valence-corrected chi connectivity index (χ2v) is 11.5. The molecule has 2 aromatic carbocycles. The summed E-state index contributed by atoms with van der Waals surface area (Å²) in [5.74, 6) is 3.63. The zero-order valence-electron chi connectivity index (χ0n) is 18.0. The average molecular weight is 484 g/mol. The lowest BCUT2D eigenvalue weighted by atomic mass is 9.42. The summed E-state index contributed by atoms with van der Waals surface area (Å²) in [6.07, 6.45) is 7.30. The van der Waals surface area contributed by atoms with Gasteiger partial charge in [-0.3, -0.25) is 0 Å². The van der Waals surface area contributed by atoms with Crippen LogP contribution < -0.4 is 0 Å². The molecule has 4 saturated carbocycles. The van der Waals surface area contributed by atoms with Crippen molar-refractivity contribution in [3.05, 3.63) is 66.8 Å². The van der Waals surface area contributed by atoms with Crippen LogP contribution in [0.3, 0.4) is 0 Å². The van der Waals surface area contributed by atoms with Gasteiger partial charge in [-0.05, 0) is 158 Å². The summed E-state index contributed by atoms with van der Waals surface area (Å²) in [7, 11) is 0. The molecule has 2 aromatic rings. The van der Waals surface area contributed by atoms with Gasteiger partial charge in [-0.15, -0.1) is 0 Å². The predicted molar refractivity (Wildman–Crippen MR) is 127 cm³/mol. The third-order valence-electron chi connectivity index (χ3n) is 8.91. The van der Waals surface area contributed by atoms with E-state index in [1.165, 1.54) is 63.5 Å². The van der Waals surface area contributed by atoms with Gasteiger partial charge in [0, 0.05) is 8.99 Å². The molecule has 0 aliphatic heterocycles. The molecule has 0 spiro atoms. The van der Waals surface area contributed by atoms with Crippen LogP contribution in [-0.4, -0.2) is 0 Å². The minimum atomic E-state index is 0.231. The molecule has 0 atom stereocenters. The third-order valence-corrected chi connectivity index (χ3v) is 10.0. The molecule has 6 rings (SSSR count). The molecule has 0 nitrogen and oxygen atoms in total. The fourth-order valence-corrected chi connectivity index (χ4v) is 8.13. The van der Waals surface area contributed by atoms with Crippen LogP contribution in [0.2, 0.25) is 0 Å². The summed E-state index contributed by atoms with van der Waals surface area (Å²) in [5.41, 5.74) is 10.8. The largest absolute Gasteiger partial charge is 0.0549 e. The summed E-state index contributed by atoms with van der Waals surface area (Å²) in [5, 5.41) is 0. The second kappa shape index (κ2) is 6.59. The lowest BCUT2D eigenvalue weighted by Gasteiger charge is -2.62. The van der Waals surface area contributed by atoms with Crippen molar-refractivity contribution >= 4 is 22.6 Å². The number of halogens is 1. The van der Waals surface area contributed by atoms with Crippen molar-refractivity contribution in [1.82, 2.24) is 0 Å². The average Bonchev–Trinajstić information content (AvgIpc) is 2.63. The molecule has 0 amide bonds. The van der Waals surface area contributed by atoms with E-state index in [1.54, 1.807) is 11.1 Å². The normalized spacial score (nSPS) is 33.5. The third kappa shape index (κ3) is 2.60. The van der Waals surface area contributed by atoms with Crippen molar-refractivity contribution in [3.8, 4) is 0 Å². The Morgan fingerprint density at radius 3 is 1.54 bits per heavy atom. The minimum Gasteiger partial charge on any atom is -0.0549 e. The van der Waals surface area contributed by atoms with Crippen molar-refractivity contribution < 1.29 is 0 Å². The maximum Gasteiger partial charge on any atom is 0.0260 e. The molecule has 4 bridgehead atoms. The van der Waals surface area contributed by atoms with E-state index in [1.807, 2.05) is 0 Å². The van der Waals surface area contributed by atoms with Crippen LogP contribution in [-0.2, 0) is 5.41 Å². The quantitative estimate of drug-likeness (QED) is 0.386. The summed E-state index contributed by atoms with van der Waals surface area (Å²) < 4.78 is 1.45. The highest BCUT2D eigenvalue weighted by Gasteiger charge is 2.58. The van der Waals surface area contributed by atoms with E-state index < -0.39 is 0 Å². The van der Waals surface area contributed by atoms with Gasteiger partial charge in [0.25, 0.3) is 0 Å². The molecular weight excluding hydrogens is 451 g/mol. The zero-order chi connectivity index (χ0) is 19.8. The number of hydrogen-bond donors (Lipinski definition) is 0. The van der Waals surface area contributed by atoms with E-state index in [4.69, 9.17) is 0 Å². The summed E-state index contributed by atoms with van der Waals surface area (Å²) >= 11 is 2.57. The Bertz CT molecular complexity index is 817. The monoisotopic (exact) mass is 484 g/mol. The van der Waals surface area contributed by atoms with Gasteiger partial charge in [0.15, 0.2) is 0 Å². The van der Waals surface area contributed by atoms with Crippen LogP contribution >= 0.6 is 22.6 Å². The molecule has 0 saturated heterocycles. The van der Waals surface area contributed by atoms with Crippen LogP contribution in [0.4, 0.5) is 0 Å². The first-order valence-corrected chi connectivity index (χ1v) is 12.2. The molecule has 148 valence electrons. The lowest BCUT2D eigenvalue weighted by Crippen LogP contribution is -2.56. The van der Waals surface area contributed by atoms with Gasteiger partial charge in [0.2, 0.25) is 0 Å². The Labute approximate surface area is 184 Å². The molecule has 0 aromatic heterocycles. The van der Waals surface area contributed by atoms with E-state index >= 15 is 0 Å². The van der Waals surface area contributed by atoms with Crippen molar-refractivity contribution in [1.29, 1.82) is 0 Å². The molecule has 4 aliphatic carbocycles. The zero-order valence-corrected chi connectivity index (χ0v) is 20.2. The Hall–Kier alpha value is -0.830. The molecule has 28 heavy (non-hydrogen) atoms. The Kier molecular flexibility index (Phi) is 4.51. The smallest absolute Gasteiger partial charge is 0.0260 e. The highest BCUT2D eigenvalue weighted by Crippen LogP contribution is 2.65. The first-order chi connectivity index (χ1) is 13.3. The lowest BCUT2D eigenvalue weighted by molar-refractivity contribution is -0.0419. The van der Waals surface area contributed by atoms with Crippen LogP contribution in [0, 0.1) is 61.9 Å². The predicted octanol–water partition coefficient (Wildman–Crippen LogP) is 7.58. The van der Waals surface area contributed by atoms with Crippen LogP contribution in [0.1, 0.15) is 71.0 Å². The Morgan fingerprint density at radius 2 is 1.07 bits per heavy atom. The standard InChI is InChI=1S/C27H33I/c1-15-6-22(7-16(2)18(15)4)27(23-8-17(3)19(5)26(28)14-23)24-10-20-9-21(12-24)13-25(27)11-20/h6-8,14,20-21,24-25H,9-13H2,1-5H3. The number of benzene rings is 2. The van der Waals surface area contributed by atoms with Crippen molar-refractivity contribution in [2.75, 3.05) is 0 Å². The van der Waals surface area contributed by atoms with Gasteiger partial charge < -0.3 is 0 Å². The second-order valence-electron chi connectivity index (χ2n) is 10.3. The van der Waals surface area contributed by atoms with E-state index in [-0.39, 0.29) is 5.41 Å². The van der Waals surface area contributed by atoms with Crippen molar-refractivity contribution in [2.45, 2.75) is 72.1 Å². The molecule has 0 N–H and O–H groups in total. The summed E-state index contributed by atoms with van der Waals surface area (Å²) in [6, 6.07) is 10.2. The summed E-state index contributed by atoms with van der Waals surface area (Å²) in [4.78, 5) is 0. The van der Waals surface area contributed by atoms with Gasteiger partial charge in [-0.25, -0.2) is 0 Å². The molecular formula is C27H33I. The summed E-state index contributed by atoms with van der Waals surface area (Å²) in [6.45, 7) is 11.5. The fourth-order valence-electron chi connectivity index (χ4n) is 7.37. The first kappa shape index (κ1) is 19.2. The van der Waals surface area contributed by atoms with Crippen LogP contribution in [0.15, 0.2) is 24.3 Å². The molecule has 0 heterocycles. The number of aryl methyl sites for hydroxylation is 3. The maximum atomic E-state index is 2.57. The van der Waals surface area contributed by atoms with Crippen LogP contribution in [0.5, 0.6) is 0 Å². The Morgan fingerprint density at radius 1 is 0.643 bits per heavy atom. The molecule has 0 unspecified atom stereocenters. The van der Waals surface area contributed by atoms with E-state index in [2.05, 4.69) is 81.5 Å². The van der Waals surface area contributed by atoms with Gasteiger partial charge in [-0.1, -0.05) is 18.2 Å².